The van der Waals surface area contributed by atoms with E-state index in [1.807, 2.05) is 37.3 Å². The Kier molecular flexibility index (Phi) is 6.41. The third-order valence-corrected chi connectivity index (χ3v) is 5.33. The molecule has 3 N–H and O–H groups in total. The standard InChI is InChI=1S/C22H24N4O2/c1-16(21(27)24-20-9-7-17(15-23)8-10-20)26-13-11-18(12-14-26)22(28)25-19-5-3-2-4-6-19/h2-10,16,18H,11-14H2,1H3,(H,24,27)(H,25,28)/p+1/t16-/m0/s1. The van der Waals surface area contributed by atoms with Crippen LogP contribution in [0, 0.1) is 17.2 Å². The van der Waals surface area contributed by atoms with Gasteiger partial charge in [0, 0.05) is 30.1 Å². The number of likely N-dealkylation sites (tertiary alicyclic amines) is 1. The van der Waals surface area contributed by atoms with Crippen LogP contribution in [0.3, 0.4) is 0 Å². The number of hydrogen-bond donors (Lipinski definition) is 3. The summed E-state index contributed by atoms with van der Waals surface area (Å²) < 4.78 is 0. The number of hydrogen-bond acceptors (Lipinski definition) is 3. The summed E-state index contributed by atoms with van der Waals surface area (Å²) in [6, 6.07) is 18.2. The molecule has 28 heavy (non-hydrogen) atoms. The molecule has 6 heteroatoms. The molecule has 0 aliphatic carbocycles. The summed E-state index contributed by atoms with van der Waals surface area (Å²) in [6.45, 7) is 3.49. The summed E-state index contributed by atoms with van der Waals surface area (Å²) in [7, 11) is 0. The maximum Gasteiger partial charge on any atom is 0.282 e. The van der Waals surface area contributed by atoms with E-state index in [1.54, 1.807) is 24.3 Å². The van der Waals surface area contributed by atoms with Crippen LogP contribution in [0.1, 0.15) is 25.3 Å². The van der Waals surface area contributed by atoms with E-state index in [-0.39, 0.29) is 23.8 Å². The third-order valence-electron chi connectivity index (χ3n) is 5.33. The van der Waals surface area contributed by atoms with E-state index in [0.717, 1.165) is 31.6 Å². The van der Waals surface area contributed by atoms with Gasteiger partial charge < -0.3 is 15.5 Å². The van der Waals surface area contributed by atoms with Gasteiger partial charge in [-0.15, -0.1) is 0 Å². The smallest absolute Gasteiger partial charge is 0.282 e. The minimum atomic E-state index is -0.200. The highest BCUT2D eigenvalue weighted by atomic mass is 16.2. The second-order valence-corrected chi connectivity index (χ2v) is 7.19. The van der Waals surface area contributed by atoms with Gasteiger partial charge in [0.2, 0.25) is 5.91 Å². The Morgan fingerprint density at radius 2 is 1.61 bits per heavy atom. The zero-order valence-corrected chi connectivity index (χ0v) is 15.9. The van der Waals surface area contributed by atoms with Crippen LogP contribution in [0.25, 0.3) is 0 Å². The second kappa shape index (κ2) is 9.16. The van der Waals surface area contributed by atoms with Gasteiger partial charge in [0.25, 0.3) is 5.91 Å². The van der Waals surface area contributed by atoms with Crippen molar-refractivity contribution in [2.24, 2.45) is 5.92 Å². The number of carbonyl (C=O) groups is 2. The normalized spacial score (nSPS) is 19.9. The van der Waals surface area contributed by atoms with Gasteiger partial charge in [-0.1, -0.05) is 18.2 Å². The van der Waals surface area contributed by atoms with Gasteiger partial charge in [-0.3, -0.25) is 9.59 Å². The van der Waals surface area contributed by atoms with Crippen molar-refractivity contribution in [3.63, 3.8) is 0 Å². The second-order valence-electron chi connectivity index (χ2n) is 7.19. The van der Waals surface area contributed by atoms with Crippen molar-refractivity contribution in [1.29, 1.82) is 5.26 Å². The van der Waals surface area contributed by atoms with Crippen molar-refractivity contribution >= 4 is 23.2 Å². The number of nitrogens with zero attached hydrogens (tertiary/aromatic N) is 1. The number of piperidine rings is 1. The van der Waals surface area contributed by atoms with E-state index in [1.165, 1.54) is 4.90 Å². The largest absolute Gasteiger partial charge is 0.326 e. The number of carbonyl (C=O) groups excluding carboxylic acids is 2. The highest BCUT2D eigenvalue weighted by Gasteiger charge is 2.32. The minimum Gasteiger partial charge on any atom is -0.326 e. The topological polar surface area (TPSA) is 86.4 Å². The third kappa shape index (κ3) is 4.96. The van der Waals surface area contributed by atoms with Crippen LogP contribution in [0.15, 0.2) is 54.6 Å². The molecule has 0 radical (unpaired) electrons. The Balaban J connectivity index is 1.48. The van der Waals surface area contributed by atoms with Crippen LogP contribution in [-0.4, -0.2) is 30.9 Å². The molecule has 6 nitrogen and oxygen atoms in total. The molecule has 1 fully saturated rings. The molecule has 1 atom stereocenters. The molecule has 2 aromatic carbocycles. The highest BCUT2D eigenvalue weighted by molar-refractivity contribution is 5.94. The molecule has 1 heterocycles. The maximum atomic E-state index is 12.5. The number of benzene rings is 2. The van der Waals surface area contributed by atoms with Gasteiger partial charge in [-0.2, -0.15) is 5.26 Å². The van der Waals surface area contributed by atoms with Crippen molar-refractivity contribution in [3.05, 3.63) is 60.2 Å². The number of rotatable bonds is 5. The van der Waals surface area contributed by atoms with Crippen molar-refractivity contribution in [2.45, 2.75) is 25.8 Å². The molecule has 3 rings (SSSR count). The summed E-state index contributed by atoms with van der Waals surface area (Å²) >= 11 is 0. The summed E-state index contributed by atoms with van der Waals surface area (Å²) in [5.74, 6) is -0.00965. The predicted molar refractivity (Wildman–Crippen MR) is 108 cm³/mol. The van der Waals surface area contributed by atoms with Crippen molar-refractivity contribution in [3.8, 4) is 6.07 Å². The molecule has 1 saturated heterocycles. The summed E-state index contributed by atoms with van der Waals surface area (Å²) in [5.41, 5.74) is 2.07. The number of quaternary nitrogens is 1. The molecular weight excluding hydrogens is 352 g/mol. The summed E-state index contributed by atoms with van der Waals surface area (Å²) in [5, 5.41) is 14.7. The van der Waals surface area contributed by atoms with Gasteiger partial charge in [0.05, 0.1) is 24.7 Å². The first-order valence-corrected chi connectivity index (χ1v) is 9.58. The van der Waals surface area contributed by atoms with Gasteiger partial charge in [-0.05, 0) is 43.3 Å². The first-order valence-electron chi connectivity index (χ1n) is 9.58. The Labute approximate surface area is 165 Å². The lowest BCUT2D eigenvalue weighted by Gasteiger charge is -2.32. The van der Waals surface area contributed by atoms with Crippen molar-refractivity contribution in [2.75, 3.05) is 23.7 Å². The number of nitrogens with one attached hydrogen (secondary N) is 3. The Bertz CT molecular complexity index is 850. The Morgan fingerprint density at radius 3 is 2.21 bits per heavy atom. The van der Waals surface area contributed by atoms with E-state index in [0.29, 0.717) is 11.3 Å². The maximum absolute atomic E-state index is 12.5. The van der Waals surface area contributed by atoms with E-state index in [9.17, 15) is 9.59 Å². The van der Waals surface area contributed by atoms with Crippen LogP contribution in [0.4, 0.5) is 11.4 Å². The van der Waals surface area contributed by atoms with Crippen LogP contribution in [-0.2, 0) is 9.59 Å². The zero-order chi connectivity index (χ0) is 19.9. The van der Waals surface area contributed by atoms with E-state index < -0.39 is 0 Å². The molecule has 2 aromatic rings. The van der Waals surface area contributed by atoms with Crippen LogP contribution in [0.2, 0.25) is 0 Å². The minimum absolute atomic E-state index is 0.0160. The first kappa shape index (κ1) is 19.6. The van der Waals surface area contributed by atoms with Crippen LogP contribution >= 0.6 is 0 Å². The zero-order valence-electron chi connectivity index (χ0n) is 15.9. The van der Waals surface area contributed by atoms with Crippen LogP contribution < -0.4 is 15.5 Å². The molecular formula is C22H25N4O2+. The lowest BCUT2D eigenvalue weighted by molar-refractivity contribution is -0.919. The lowest BCUT2D eigenvalue weighted by Crippen LogP contribution is -3.17. The molecule has 2 amide bonds. The number of amides is 2. The monoisotopic (exact) mass is 377 g/mol. The van der Waals surface area contributed by atoms with Gasteiger partial charge in [0.15, 0.2) is 6.04 Å². The highest BCUT2D eigenvalue weighted by Crippen LogP contribution is 2.15. The molecule has 1 aliphatic rings. The van der Waals surface area contributed by atoms with E-state index in [2.05, 4.69) is 16.7 Å². The van der Waals surface area contributed by atoms with Crippen LogP contribution in [0.5, 0.6) is 0 Å². The predicted octanol–water partition coefficient (Wildman–Crippen LogP) is 1.82. The summed E-state index contributed by atoms with van der Waals surface area (Å²) in [4.78, 5) is 26.2. The number of nitriles is 1. The number of para-hydroxylation sites is 1. The fourth-order valence-electron chi connectivity index (χ4n) is 3.51. The summed E-state index contributed by atoms with van der Waals surface area (Å²) in [6.07, 6.45) is 1.53. The van der Waals surface area contributed by atoms with Gasteiger partial charge in [-0.25, -0.2) is 0 Å². The quantitative estimate of drug-likeness (QED) is 0.743. The first-order chi connectivity index (χ1) is 13.6. The molecule has 0 aromatic heterocycles. The Morgan fingerprint density at radius 1 is 1.00 bits per heavy atom. The van der Waals surface area contributed by atoms with E-state index in [4.69, 9.17) is 5.26 Å². The average molecular weight is 377 g/mol. The van der Waals surface area contributed by atoms with Crippen molar-refractivity contribution in [1.82, 2.24) is 0 Å². The molecule has 1 aliphatic heterocycles. The molecule has 0 spiro atoms. The van der Waals surface area contributed by atoms with Crippen molar-refractivity contribution < 1.29 is 14.5 Å². The SMILES string of the molecule is C[C@@H](C(=O)Nc1ccc(C#N)cc1)[NH+]1CCC(C(=O)Nc2ccccc2)CC1. The fraction of sp³-hybridized carbons (Fsp3) is 0.318. The fourth-order valence-corrected chi connectivity index (χ4v) is 3.51. The lowest BCUT2D eigenvalue weighted by atomic mass is 9.94. The average Bonchev–Trinajstić information content (AvgIpc) is 2.74. The number of anilines is 2. The van der Waals surface area contributed by atoms with E-state index >= 15 is 0 Å². The molecule has 0 bridgehead atoms. The van der Waals surface area contributed by atoms with Gasteiger partial charge in [0.1, 0.15) is 0 Å². The Hall–Kier alpha value is -3.17. The molecule has 0 unspecified atom stereocenters. The molecule has 144 valence electrons. The van der Waals surface area contributed by atoms with Gasteiger partial charge >= 0.3 is 0 Å². The molecule has 0 saturated carbocycles.